The van der Waals surface area contributed by atoms with E-state index in [1.807, 2.05) is 12.3 Å². The summed E-state index contributed by atoms with van der Waals surface area (Å²) in [4.78, 5) is 2.49. The third-order valence-electron chi connectivity index (χ3n) is 6.24. The van der Waals surface area contributed by atoms with E-state index in [-0.39, 0.29) is 17.9 Å². The van der Waals surface area contributed by atoms with Gasteiger partial charge in [-0.15, -0.1) is 5.10 Å². The molecule has 1 aliphatic heterocycles. The average Bonchev–Trinajstić information content (AvgIpc) is 3.28. The van der Waals surface area contributed by atoms with Crippen molar-refractivity contribution >= 4 is 0 Å². The number of likely N-dealkylation sites (tertiary alicyclic amines) is 1. The molecule has 0 saturated carbocycles. The molecule has 3 aromatic rings. The summed E-state index contributed by atoms with van der Waals surface area (Å²) in [5.41, 5.74) is 2.75. The van der Waals surface area contributed by atoms with Crippen LogP contribution in [0.15, 0.2) is 60.8 Å². The molecule has 5 nitrogen and oxygen atoms in total. The quantitative estimate of drug-likeness (QED) is 0.518. The first-order chi connectivity index (χ1) is 15.2. The molecule has 0 bridgehead atoms. The van der Waals surface area contributed by atoms with Gasteiger partial charge in [0.15, 0.2) is 0 Å². The van der Waals surface area contributed by atoms with Crippen molar-refractivity contribution in [3.63, 3.8) is 0 Å². The second-order valence-corrected chi connectivity index (χ2v) is 8.44. The van der Waals surface area contributed by atoms with Crippen molar-refractivity contribution in [3.05, 3.63) is 72.2 Å². The first-order valence-corrected chi connectivity index (χ1v) is 11.3. The van der Waals surface area contributed by atoms with Gasteiger partial charge in [-0.05, 0) is 49.2 Å². The highest BCUT2D eigenvalue weighted by molar-refractivity contribution is 5.57. The highest BCUT2D eigenvalue weighted by Crippen LogP contribution is 2.36. The van der Waals surface area contributed by atoms with Crippen LogP contribution in [0, 0.1) is 5.82 Å². The van der Waals surface area contributed by atoms with Gasteiger partial charge in [-0.2, -0.15) is 0 Å². The molecule has 164 valence electrons. The number of aliphatic hydroxyl groups is 1. The smallest absolute Gasteiger partial charge is 0.123 e. The van der Waals surface area contributed by atoms with Crippen molar-refractivity contribution in [1.29, 1.82) is 0 Å². The molecule has 0 spiro atoms. The number of aliphatic hydroxyl groups excluding tert-OH is 1. The molecule has 0 radical (unpaired) electrons. The first-order valence-electron chi connectivity index (χ1n) is 11.3. The van der Waals surface area contributed by atoms with E-state index >= 15 is 0 Å². The Hall–Kier alpha value is -2.57. The highest BCUT2D eigenvalue weighted by Gasteiger charge is 2.36. The molecule has 1 N–H and O–H groups in total. The summed E-state index contributed by atoms with van der Waals surface area (Å²) in [6.07, 6.45) is 6.85. The first kappa shape index (κ1) is 21.7. The lowest BCUT2D eigenvalue weighted by atomic mass is 9.90. The van der Waals surface area contributed by atoms with Gasteiger partial charge >= 0.3 is 0 Å². The van der Waals surface area contributed by atoms with Crippen molar-refractivity contribution in [3.8, 4) is 11.3 Å². The van der Waals surface area contributed by atoms with Crippen LogP contribution in [0.1, 0.15) is 56.7 Å². The van der Waals surface area contributed by atoms with Crippen molar-refractivity contribution in [2.45, 2.75) is 57.2 Å². The van der Waals surface area contributed by atoms with Gasteiger partial charge < -0.3 is 5.11 Å². The highest BCUT2D eigenvalue weighted by atomic mass is 19.1. The number of hydrogen-bond donors (Lipinski definition) is 1. The van der Waals surface area contributed by atoms with Gasteiger partial charge in [0.1, 0.15) is 11.5 Å². The van der Waals surface area contributed by atoms with Gasteiger partial charge in [0.2, 0.25) is 0 Å². The van der Waals surface area contributed by atoms with Gasteiger partial charge in [-0.3, -0.25) is 4.90 Å². The Balaban J connectivity index is 1.53. The minimum absolute atomic E-state index is 0.159. The molecule has 1 saturated heterocycles. The van der Waals surface area contributed by atoms with Crippen LogP contribution in [0.2, 0.25) is 0 Å². The summed E-state index contributed by atoms with van der Waals surface area (Å²) in [6.45, 7) is 3.95. The van der Waals surface area contributed by atoms with Gasteiger partial charge in [-0.1, -0.05) is 61.7 Å². The zero-order valence-electron chi connectivity index (χ0n) is 18.1. The van der Waals surface area contributed by atoms with Crippen LogP contribution in [0.25, 0.3) is 11.3 Å². The third-order valence-corrected chi connectivity index (χ3v) is 6.24. The second kappa shape index (κ2) is 10.2. The normalized spacial score (nSPS) is 22.0. The van der Waals surface area contributed by atoms with Crippen molar-refractivity contribution < 1.29 is 9.50 Å². The van der Waals surface area contributed by atoms with E-state index in [1.54, 1.807) is 16.8 Å². The van der Waals surface area contributed by atoms with Crippen molar-refractivity contribution in [1.82, 2.24) is 19.9 Å². The number of rotatable bonds is 8. The topological polar surface area (TPSA) is 54.2 Å². The zero-order chi connectivity index (χ0) is 21.6. The fraction of sp³-hybridized carbons (Fsp3) is 0.440. The van der Waals surface area contributed by atoms with E-state index in [9.17, 15) is 9.50 Å². The summed E-state index contributed by atoms with van der Waals surface area (Å²) in [7, 11) is 0. The Morgan fingerprint density at radius 2 is 1.81 bits per heavy atom. The molecule has 0 amide bonds. The Kier molecular flexibility index (Phi) is 7.10. The van der Waals surface area contributed by atoms with E-state index < -0.39 is 6.10 Å². The maximum absolute atomic E-state index is 13.2. The lowest BCUT2D eigenvalue weighted by Crippen LogP contribution is -2.46. The van der Waals surface area contributed by atoms with E-state index in [4.69, 9.17) is 0 Å². The summed E-state index contributed by atoms with van der Waals surface area (Å²) < 4.78 is 15.0. The molecular weight excluding hydrogens is 391 g/mol. The van der Waals surface area contributed by atoms with Crippen LogP contribution in [-0.2, 0) is 0 Å². The van der Waals surface area contributed by atoms with Crippen LogP contribution >= 0.6 is 0 Å². The van der Waals surface area contributed by atoms with E-state index in [2.05, 4.69) is 46.4 Å². The number of halogens is 1. The standard InChI is InChI=1S/C25H31FN4O/c1-2-3-4-8-15-29-18-24(25(31)16-23(29)20-9-6-5-7-10-20)30-17-22(27-28-30)19-11-13-21(26)14-12-19/h5-7,9-14,17,23-25,31H,2-4,8,15-16,18H2,1H3. The minimum atomic E-state index is -0.514. The van der Waals surface area contributed by atoms with Crippen molar-refractivity contribution in [2.24, 2.45) is 0 Å². The molecule has 4 rings (SSSR count). The van der Waals surface area contributed by atoms with Gasteiger partial charge in [0, 0.05) is 18.2 Å². The molecule has 3 atom stereocenters. The number of nitrogens with zero attached hydrogens (tertiary/aromatic N) is 4. The lowest BCUT2D eigenvalue weighted by molar-refractivity contribution is -0.00774. The summed E-state index contributed by atoms with van der Waals surface area (Å²) >= 11 is 0. The maximum atomic E-state index is 13.2. The van der Waals surface area contributed by atoms with Gasteiger partial charge in [0.25, 0.3) is 0 Å². The molecule has 1 aliphatic rings. The molecule has 2 aromatic carbocycles. The van der Waals surface area contributed by atoms with Crippen LogP contribution in [0.3, 0.4) is 0 Å². The Morgan fingerprint density at radius 3 is 2.55 bits per heavy atom. The minimum Gasteiger partial charge on any atom is -0.391 e. The van der Waals surface area contributed by atoms with Crippen LogP contribution in [0.4, 0.5) is 4.39 Å². The van der Waals surface area contributed by atoms with Gasteiger partial charge in [-0.25, -0.2) is 9.07 Å². The fourth-order valence-corrected chi connectivity index (χ4v) is 4.49. The second-order valence-electron chi connectivity index (χ2n) is 8.44. The Bertz CT molecular complexity index is 944. The van der Waals surface area contributed by atoms with Crippen LogP contribution < -0.4 is 0 Å². The molecule has 6 heteroatoms. The number of unbranched alkanes of at least 4 members (excludes halogenated alkanes) is 3. The zero-order valence-corrected chi connectivity index (χ0v) is 18.1. The number of piperidine rings is 1. The predicted molar refractivity (Wildman–Crippen MR) is 120 cm³/mol. The largest absolute Gasteiger partial charge is 0.391 e. The number of benzene rings is 2. The molecule has 2 heterocycles. The molecule has 3 unspecified atom stereocenters. The van der Waals surface area contributed by atoms with E-state index in [1.165, 1.54) is 37.0 Å². The van der Waals surface area contributed by atoms with Crippen molar-refractivity contribution in [2.75, 3.05) is 13.1 Å². The molecular formula is C25H31FN4O. The summed E-state index contributed by atoms with van der Waals surface area (Å²) in [6, 6.07) is 16.8. The van der Waals surface area contributed by atoms with E-state index in [0.717, 1.165) is 25.1 Å². The molecule has 1 fully saturated rings. The number of aromatic nitrogens is 3. The van der Waals surface area contributed by atoms with Crippen LogP contribution in [-0.4, -0.2) is 44.2 Å². The maximum Gasteiger partial charge on any atom is 0.123 e. The van der Waals surface area contributed by atoms with E-state index in [0.29, 0.717) is 12.1 Å². The molecule has 31 heavy (non-hydrogen) atoms. The predicted octanol–water partition coefficient (Wildman–Crippen LogP) is 5.01. The SMILES string of the molecule is CCCCCCN1CC(n2cc(-c3ccc(F)cc3)nn2)C(O)CC1c1ccccc1. The van der Waals surface area contributed by atoms with Gasteiger partial charge in [0.05, 0.1) is 18.3 Å². The van der Waals surface area contributed by atoms with Crippen LogP contribution in [0.5, 0.6) is 0 Å². The Morgan fingerprint density at radius 1 is 1.03 bits per heavy atom. The number of hydrogen-bond acceptors (Lipinski definition) is 4. The molecule has 0 aliphatic carbocycles. The fourth-order valence-electron chi connectivity index (χ4n) is 4.49. The Labute approximate surface area is 183 Å². The lowest BCUT2D eigenvalue weighted by Gasteiger charge is -2.42. The molecule has 1 aromatic heterocycles. The average molecular weight is 423 g/mol. The summed E-state index contributed by atoms with van der Waals surface area (Å²) in [5, 5.41) is 19.6. The third kappa shape index (κ3) is 5.20. The monoisotopic (exact) mass is 422 g/mol. The summed E-state index contributed by atoms with van der Waals surface area (Å²) in [5.74, 6) is -0.274.